The zero-order chi connectivity index (χ0) is 64.6. The zero-order valence-electron chi connectivity index (χ0n) is 53.9. The predicted octanol–water partition coefficient (Wildman–Crippen LogP) is 14.5. The summed E-state index contributed by atoms with van der Waals surface area (Å²) in [5.74, 6) is 0.314. The van der Waals surface area contributed by atoms with Gasteiger partial charge in [0.15, 0.2) is 29.1 Å². The second kappa shape index (κ2) is 34.7. The number of hydrogen-bond acceptors (Lipinski definition) is 16. The Bertz CT molecular complexity index is 3440. The normalized spacial score (nSPS) is 21.7. The van der Waals surface area contributed by atoms with E-state index >= 15 is 0 Å². The Kier molecular flexibility index (Phi) is 25.3. The Morgan fingerprint density at radius 3 is 1.15 bits per heavy atom. The topological polar surface area (TPSA) is 156 Å². The van der Waals surface area contributed by atoms with Crippen LogP contribution in [0.3, 0.4) is 0 Å². The summed E-state index contributed by atoms with van der Waals surface area (Å²) in [6.45, 7) is 10.6. The first-order valence-electron chi connectivity index (χ1n) is 32.0. The first-order chi connectivity index (χ1) is 45.5. The van der Waals surface area contributed by atoms with Gasteiger partial charge in [-0.1, -0.05) is 226 Å². The lowest BCUT2D eigenvalue weighted by Gasteiger charge is -2.43. The molecule has 16 nitrogen and oxygen atoms in total. The molecule has 490 valence electrons. The molecular weight excluding hydrogens is 1180 g/mol. The van der Waals surface area contributed by atoms with Gasteiger partial charge in [0.25, 0.3) is 6.29 Å². The molecule has 0 fully saturated rings. The van der Waals surface area contributed by atoms with E-state index < -0.39 is 66.9 Å². The van der Waals surface area contributed by atoms with Crippen LogP contribution >= 0.6 is 0 Å². The van der Waals surface area contributed by atoms with Gasteiger partial charge in [0.05, 0.1) is 57.8 Å². The van der Waals surface area contributed by atoms with Gasteiger partial charge < -0.3 is 71.1 Å². The monoisotopic (exact) mass is 1270 g/mol. The van der Waals surface area contributed by atoms with E-state index in [1.165, 1.54) is 7.11 Å². The van der Waals surface area contributed by atoms with E-state index in [1.54, 1.807) is 20.8 Å². The van der Waals surface area contributed by atoms with E-state index in [0.717, 1.165) is 38.9 Å². The molecule has 7 aromatic rings. The fraction of sp³-hybridized carbons (Fsp3) is 0.364. The molecule has 0 amide bonds. The molecule has 0 aliphatic carbocycles. The number of methoxy groups -OCH3 is 1. The summed E-state index contributed by atoms with van der Waals surface area (Å²) in [6.07, 6.45) is -8.78. The lowest BCUT2D eigenvalue weighted by atomic mass is 9.97. The van der Waals surface area contributed by atoms with Gasteiger partial charge in [-0.2, -0.15) is 0 Å². The van der Waals surface area contributed by atoms with Crippen molar-refractivity contribution in [2.45, 2.75) is 149 Å². The second-order valence-corrected chi connectivity index (χ2v) is 23.8. The fourth-order valence-electron chi connectivity index (χ4n) is 10.6. The highest BCUT2D eigenvalue weighted by molar-refractivity contribution is 5.76. The van der Waals surface area contributed by atoms with Crippen molar-refractivity contribution >= 4 is 5.97 Å². The van der Waals surface area contributed by atoms with Crippen LogP contribution in [0.2, 0.25) is 0 Å². The number of hydrogen-bond donors (Lipinski definition) is 0. The zero-order valence-corrected chi connectivity index (χ0v) is 53.9. The highest BCUT2D eigenvalue weighted by Gasteiger charge is 2.51. The maximum atomic E-state index is 14.5. The molecule has 3 heterocycles. The summed E-state index contributed by atoms with van der Waals surface area (Å²) in [4.78, 5) is 14.5. The molecule has 9 atom stereocenters. The van der Waals surface area contributed by atoms with Crippen molar-refractivity contribution in [1.29, 1.82) is 0 Å². The maximum absolute atomic E-state index is 14.5. The van der Waals surface area contributed by atoms with Gasteiger partial charge in [0.1, 0.15) is 44.2 Å². The largest absolute Gasteiger partial charge is 0.491 e. The molecular formula is C77H86O16. The molecule has 0 saturated heterocycles. The molecule has 0 N–H and O–H groups in total. The number of ether oxygens (including phenoxy) is 15. The van der Waals surface area contributed by atoms with Gasteiger partial charge in [0, 0.05) is 7.11 Å². The van der Waals surface area contributed by atoms with Gasteiger partial charge >= 0.3 is 5.97 Å². The minimum atomic E-state index is -1.46. The van der Waals surface area contributed by atoms with Crippen molar-refractivity contribution in [3.8, 4) is 0 Å². The molecule has 3 aliphatic rings. The van der Waals surface area contributed by atoms with E-state index in [9.17, 15) is 4.79 Å². The Hall–Kier alpha value is -8.13. The van der Waals surface area contributed by atoms with Crippen LogP contribution in [0.25, 0.3) is 0 Å². The SMILES string of the molecule is CCCOC1=C(O[C@H]2OC(COCc3ccccc3)[C@@H](OCc3ccccc3)C(OCc3ccccc3)=C2OCc2ccccc2)[C@H](OC)OC(COCc2ccccc2)[C@H]1O[C@@H]1OC(CC)[C@H](OCc2ccccc2)C(OCc2ccccc2)=C1OC(=O)C(C)(C)C. The molecule has 0 aromatic heterocycles. The lowest BCUT2D eigenvalue weighted by Crippen LogP contribution is -2.52. The van der Waals surface area contributed by atoms with E-state index in [-0.39, 0.29) is 94.9 Å². The Morgan fingerprint density at radius 1 is 0.387 bits per heavy atom. The first-order valence-corrected chi connectivity index (χ1v) is 32.0. The highest BCUT2D eigenvalue weighted by Crippen LogP contribution is 2.42. The van der Waals surface area contributed by atoms with Crippen LogP contribution < -0.4 is 0 Å². The number of esters is 1. The van der Waals surface area contributed by atoms with Crippen LogP contribution in [0.1, 0.15) is 86.4 Å². The first kappa shape index (κ1) is 67.8. The Morgan fingerprint density at radius 2 is 0.742 bits per heavy atom. The Labute approximate surface area is 546 Å². The summed E-state index contributed by atoms with van der Waals surface area (Å²) in [6, 6.07) is 68.8. The Balaban J connectivity index is 1.12. The summed E-state index contributed by atoms with van der Waals surface area (Å²) in [7, 11) is 1.51. The van der Waals surface area contributed by atoms with Gasteiger partial charge in [0.2, 0.25) is 24.1 Å². The maximum Gasteiger partial charge on any atom is 0.316 e. The average Bonchev–Trinajstić information content (AvgIpc) is 0.776. The van der Waals surface area contributed by atoms with Crippen LogP contribution in [0.15, 0.2) is 247 Å². The third-order valence-corrected chi connectivity index (χ3v) is 15.5. The van der Waals surface area contributed by atoms with Gasteiger partial charge in [-0.05, 0) is 72.6 Å². The minimum absolute atomic E-state index is 0.0259. The van der Waals surface area contributed by atoms with Gasteiger partial charge in [-0.25, -0.2) is 0 Å². The molecule has 0 spiro atoms. The molecule has 3 unspecified atom stereocenters. The molecule has 10 rings (SSSR count). The van der Waals surface area contributed by atoms with Crippen LogP contribution in [0.5, 0.6) is 0 Å². The number of benzene rings is 7. The van der Waals surface area contributed by atoms with E-state index in [0.29, 0.717) is 18.6 Å². The van der Waals surface area contributed by atoms with E-state index in [2.05, 4.69) is 0 Å². The van der Waals surface area contributed by atoms with Crippen molar-refractivity contribution in [1.82, 2.24) is 0 Å². The summed E-state index contributed by atoms with van der Waals surface area (Å²) in [5.41, 5.74) is 5.37. The fourth-order valence-corrected chi connectivity index (χ4v) is 10.6. The van der Waals surface area contributed by atoms with Gasteiger partial charge in [-0.3, -0.25) is 4.79 Å². The lowest BCUT2D eigenvalue weighted by molar-refractivity contribution is -0.283. The van der Waals surface area contributed by atoms with Gasteiger partial charge in [-0.15, -0.1) is 0 Å². The third kappa shape index (κ3) is 19.3. The van der Waals surface area contributed by atoms with Crippen LogP contribution in [-0.4, -0.2) is 88.4 Å². The van der Waals surface area contributed by atoms with Crippen LogP contribution in [0, 0.1) is 5.41 Å². The number of carbonyl (C=O) groups excluding carboxylic acids is 1. The van der Waals surface area contributed by atoms with Crippen molar-refractivity contribution in [2.24, 2.45) is 5.41 Å². The molecule has 7 aromatic carbocycles. The predicted molar refractivity (Wildman–Crippen MR) is 348 cm³/mol. The molecule has 0 saturated carbocycles. The van der Waals surface area contributed by atoms with Crippen LogP contribution in [-0.2, 0) is 122 Å². The standard InChI is InChI=1S/C77H86O16/c1-7-44-82-69-66(91-75-72(93-76(78)77(3,4)5)68(86-50-59-40-26-14-27-41-59)64(61(8-2)88-75)83-47-56-34-20-11-21-35-56)63(53-81-46-55-32-18-10-19-33-55)89-73(79-6)71(69)92-74-70(87-51-60-42-28-15-29-43-60)67(85-49-58-38-24-13-25-39-58)65(84-48-57-36-22-12-23-37-57)62(90-74)52-80-45-54-30-16-9-17-31-54/h9-43,61-66,73-75H,7-8,44-53H2,1-6H3/t61?,62?,63?,64-,65+,66+,73+,74+,75-/m0/s1. The molecule has 16 heteroatoms. The van der Waals surface area contributed by atoms with Crippen LogP contribution in [0.4, 0.5) is 0 Å². The average molecular weight is 1270 g/mol. The van der Waals surface area contributed by atoms with Crippen molar-refractivity contribution in [3.05, 3.63) is 286 Å². The summed E-state index contributed by atoms with van der Waals surface area (Å²) in [5, 5.41) is 0. The minimum Gasteiger partial charge on any atom is -0.491 e. The molecule has 0 radical (unpaired) electrons. The summed E-state index contributed by atoms with van der Waals surface area (Å²) < 4.78 is 104. The molecule has 3 aliphatic heterocycles. The highest BCUT2D eigenvalue weighted by atomic mass is 16.8. The number of rotatable bonds is 33. The molecule has 0 bridgehead atoms. The quantitative estimate of drug-likeness (QED) is 0.0358. The van der Waals surface area contributed by atoms with E-state index in [1.807, 2.05) is 226 Å². The molecule has 93 heavy (non-hydrogen) atoms. The number of carbonyl (C=O) groups is 1. The second-order valence-electron chi connectivity index (χ2n) is 23.8. The van der Waals surface area contributed by atoms with Crippen molar-refractivity contribution in [2.75, 3.05) is 26.9 Å². The smallest absolute Gasteiger partial charge is 0.316 e. The third-order valence-electron chi connectivity index (χ3n) is 15.5. The van der Waals surface area contributed by atoms with Crippen molar-refractivity contribution < 1.29 is 75.8 Å². The van der Waals surface area contributed by atoms with Crippen molar-refractivity contribution in [3.63, 3.8) is 0 Å². The summed E-state index contributed by atoms with van der Waals surface area (Å²) >= 11 is 0. The van der Waals surface area contributed by atoms with E-state index in [4.69, 9.17) is 71.1 Å².